The van der Waals surface area contributed by atoms with Gasteiger partial charge in [0.1, 0.15) is 17.6 Å². The van der Waals surface area contributed by atoms with E-state index in [-0.39, 0.29) is 11.9 Å². The number of hydrogen-bond donors (Lipinski definition) is 1. The van der Waals surface area contributed by atoms with Gasteiger partial charge in [-0.15, -0.1) is 0 Å². The molecule has 1 aliphatic carbocycles. The third kappa shape index (κ3) is 2.89. The summed E-state index contributed by atoms with van der Waals surface area (Å²) in [5.74, 6) is 0.985. The summed E-state index contributed by atoms with van der Waals surface area (Å²) in [4.78, 5) is 0. The quantitative estimate of drug-likeness (QED) is 0.854. The lowest BCUT2D eigenvalue weighted by molar-refractivity contribution is 0.0209. The number of aromatic hydroxyl groups is 1. The first-order valence-corrected chi connectivity index (χ1v) is 5.76. The number of phenolic OH excluding ortho intramolecular Hbond substituents is 1. The van der Waals surface area contributed by atoms with E-state index in [9.17, 15) is 5.11 Å². The summed E-state index contributed by atoms with van der Waals surface area (Å²) < 4.78 is 11.2. The predicted molar refractivity (Wildman–Crippen MR) is 61.8 cm³/mol. The van der Waals surface area contributed by atoms with Crippen molar-refractivity contribution in [2.45, 2.75) is 37.9 Å². The Labute approximate surface area is 96.0 Å². The van der Waals surface area contributed by atoms with Crippen molar-refractivity contribution in [1.29, 1.82) is 0 Å². The molecule has 0 radical (unpaired) electrons. The van der Waals surface area contributed by atoms with Gasteiger partial charge in [0.15, 0.2) is 0 Å². The number of benzene rings is 1. The van der Waals surface area contributed by atoms with Crippen molar-refractivity contribution in [2.75, 3.05) is 7.11 Å². The van der Waals surface area contributed by atoms with Crippen LogP contribution in [0.15, 0.2) is 24.3 Å². The second-order valence-corrected chi connectivity index (χ2v) is 4.26. The lowest BCUT2D eigenvalue weighted by Crippen LogP contribution is -2.29. The Bertz CT molecular complexity index is 338. The van der Waals surface area contributed by atoms with E-state index >= 15 is 0 Å². The minimum Gasteiger partial charge on any atom is -0.508 e. The van der Waals surface area contributed by atoms with Gasteiger partial charge in [0, 0.05) is 19.6 Å². The Kier molecular flexibility index (Phi) is 3.67. The van der Waals surface area contributed by atoms with E-state index in [0.717, 1.165) is 31.4 Å². The molecule has 16 heavy (non-hydrogen) atoms. The average molecular weight is 222 g/mol. The SMILES string of the molecule is COC1CCCC(Oc2cccc(O)c2)C1. The van der Waals surface area contributed by atoms with Crippen LogP contribution >= 0.6 is 0 Å². The van der Waals surface area contributed by atoms with E-state index in [4.69, 9.17) is 9.47 Å². The van der Waals surface area contributed by atoms with Crippen molar-refractivity contribution >= 4 is 0 Å². The average Bonchev–Trinajstić information content (AvgIpc) is 2.29. The minimum atomic E-state index is 0.209. The van der Waals surface area contributed by atoms with Crippen LogP contribution in [0.4, 0.5) is 0 Å². The monoisotopic (exact) mass is 222 g/mol. The standard InChI is InChI=1S/C13H18O3/c1-15-11-5-3-7-13(9-11)16-12-6-2-4-10(14)8-12/h2,4,6,8,11,13-14H,3,5,7,9H2,1H3. The molecular weight excluding hydrogens is 204 g/mol. The number of rotatable bonds is 3. The van der Waals surface area contributed by atoms with E-state index in [1.807, 2.05) is 6.07 Å². The van der Waals surface area contributed by atoms with E-state index in [1.165, 1.54) is 0 Å². The Hall–Kier alpha value is -1.22. The predicted octanol–water partition coefficient (Wildman–Crippen LogP) is 2.73. The smallest absolute Gasteiger partial charge is 0.123 e. The highest BCUT2D eigenvalue weighted by Crippen LogP contribution is 2.26. The third-order valence-electron chi connectivity index (χ3n) is 3.03. The van der Waals surface area contributed by atoms with Gasteiger partial charge in [0.2, 0.25) is 0 Å². The molecule has 2 unspecified atom stereocenters. The fraction of sp³-hybridized carbons (Fsp3) is 0.538. The van der Waals surface area contributed by atoms with Crippen LogP contribution in [0.3, 0.4) is 0 Å². The lowest BCUT2D eigenvalue weighted by Gasteiger charge is -2.28. The molecule has 3 nitrogen and oxygen atoms in total. The van der Waals surface area contributed by atoms with Crippen molar-refractivity contribution in [2.24, 2.45) is 0 Å². The molecule has 0 amide bonds. The minimum absolute atomic E-state index is 0.209. The fourth-order valence-electron chi connectivity index (χ4n) is 2.17. The van der Waals surface area contributed by atoms with Gasteiger partial charge in [-0.1, -0.05) is 6.07 Å². The second-order valence-electron chi connectivity index (χ2n) is 4.26. The fourth-order valence-corrected chi connectivity index (χ4v) is 2.17. The van der Waals surface area contributed by atoms with Crippen molar-refractivity contribution in [3.8, 4) is 11.5 Å². The Morgan fingerprint density at radius 2 is 2.06 bits per heavy atom. The maximum Gasteiger partial charge on any atom is 0.123 e. The van der Waals surface area contributed by atoms with Crippen molar-refractivity contribution in [3.05, 3.63) is 24.3 Å². The number of hydrogen-bond acceptors (Lipinski definition) is 3. The first kappa shape index (κ1) is 11.3. The summed E-state index contributed by atoms with van der Waals surface area (Å²) in [5, 5.41) is 9.34. The van der Waals surface area contributed by atoms with Crippen LogP contribution in [0.25, 0.3) is 0 Å². The maximum absolute atomic E-state index is 9.34. The molecule has 0 aliphatic heterocycles. The molecule has 3 heteroatoms. The molecule has 1 fully saturated rings. The molecule has 1 aliphatic rings. The van der Waals surface area contributed by atoms with Gasteiger partial charge in [-0.05, 0) is 31.4 Å². The van der Waals surface area contributed by atoms with Gasteiger partial charge in [-0.2, -0.15) is 0 Å². The highest BCUT2D eigenvalue weighted by Gasteiger charge is 2.22. The van der Waals surface area contributed by atoms with Gasteiger partial charge in [0.25, 0.3) is 0 Å². The zero-order chi connectivity index (χ0) is 11.4. The summed E-state index contributed by atoms with van der Waals surface area (Å²) in [6, 6.07) is 6.96. The third-order valence-corrected chi connectivity index (χ3v) is 3.03. The van der Waals surface area contributed by atoms with Crippen LogP contribution in [0, 0.1) is 0 Å². The van der Waals surface area contributed by atoms with Gasteiger partial charge >= 0.3 is 0 Å². The van der Waals surface area contributed by atoms with Crippen LogP contribution in [-0.2, 0) is 4.74 Å². The lowest BCUT2D eigenvalue weighted by atomic mass is 9.95. The molecule has 1 aromatic carbocycles. The van der Waals surface area contributed by atoms with Gasteiger partial charge in [0.05, 0.1) is 6.10 Å². The van der Waals surface area contributed by atoms with E-state index < -0.39 is 0 Å². The number of phenols is 1. The molecule has 88 valence electrons. The number of ether oxygens (including phenoxy) is 2. The summed E-state index contributed by atoms with van der Waals surface area (Å²) >= 11 is 0. The number of methoxy groups -OCH3 is 1. The van der Waals surface area contributed by atoms with Crippen LogP contribution in [0.1, 0.15) is 25.7 Å². The Morgan fingerprint density at radius 1 is 1.25 bits per heavy atom. The molecule has 0 heterocycles. The van der Waals surface area contributed by atoms with Crippen LogP contribution in [-0.4, -0.2) is 24.4 Å². The summed E-state index contributed by atoms with van der Waals surface area (Å²) in [7, 11) is 1.75. The normalized spacial score (nSPS) is 25.3. The summed E-state index contributed by atoms with van der Waals surface area (Å²) in [5.41, 5.74) is 0. The summed E-state index contributed by atoms with van der Waals surface area (Å²) in [6.45, 7) is 0. The van der Waals surface area contributed by atoms with E-state index in [1.54, 1.807) is 25.3 Å². The molecule has 0 bridgehead atoms. The molecule has 0 saturated heterocycles. The van der Waals surface area contributed by atoms with Crippen LogP contribution < -0.4 is 4.74 Å². The molecule has 0 spiro atoms. The first-order chi connectivity index (χ1) is 7.78. The van der Waals surface area contributed by atoms with Gasteiger partial charge < -0.3 is 14.6 Å². The van der Waals surface area contributed by atoms with Crippen molar-refractivity contribution in [3.63, 3.8) is 0 Å². The largest absolute Gasteiger partial charge is 0.508 e. The molecule has 2 rings (SSSR count). The first-order valence-electron chi connectivity index (χ1n) is 5.76. The van der Waals surface area contributed by atoms with Crippen molar-refractivity contribution in [1.82, 2.24) is 0 Å². The topological polar surface area (TPSA) is 38.7 Å². The van der Waals surface area contributed by atoms with Gasteiger partial charge in [-0.3, -0.25) is 0 Å². The molecule has 1 aromatic rings. The zero-order valence-corrected chi connectivity index (χ0v) is 9.56. The van der Waals surface area contributed by atoms with Crippen LogP contribution in [0.5, 0.6) is 11.5 Å². The van der Waals surface area contributed by atoms with Crippen molar-refractivity contribution < 1.29 is 14.6 Å². The molecule has 1 saturated carbocycles. The molecule has 2 atom stereocenters. The zero-order valence-electron chi connectivity index (χ0n) is 9.56. The Balaban J connectivity index is 1.94. The Morgan fingerprint density at radius 3 is 2.81 bits per heavy atom. The van der Waals surface area contributed by atoms with Crippen LogP contribution in [0.2, 0.25) is 0 Å². The summed E-state index contributed by atoms with van der Waals surface area (Å²) in [6.07, 6.45) is 4.79. The maximum atomic E-state index is 9.34. The van der Waals surface area contributed by atoms with E-state index in [2.05, 4.69) is 0 Å². The highest BCUT2D eigenvalue weighted by molar-refractivity contribution is 5.31. The molecular formula is C13H18O3. The van der Waals surface area contributed by atoms with Gasteiger partial charge in [-0.25, -0.2) is 0 Å². The molecule has 1 N–H and O–H groups in total. The van der Waals surface area contributed by atoms with E-state index in [0.29, 0.717) is 6.10 Å². The molecule has 0 aromatic heterocycles. The second kappa shape index (κ2) is 5.21. The highest BCUT2D eigenvalue weighted by atomic mass is 16.5.